The van der Waals surface area contributed by atoms with E-state index in [-0.39, 0.29) is 6.09 Å². The second kappa shape index (κ2) is 3.85. The van der Waals surface area contributed by atoms with Crippen molar-refractivity contribution in [3.8, 4) is 0 Å². The summed E-state index contributed by atoms with van der Waals surface area (Å²) in [6, 6.07) is 0. The lowest BCUT2D eigenvalue weighted by molar-refractivity contribution is 0.0235. The number of hydrogen-bond acceptors (Lipinski definition) is 3. The third-order valence-corrected chi connectivity index (χ3v) is 2.10. The number of carbonyl (C=O) groups excluding carboxylic acids is 1. The van der Waals surface area contributed by atoms with Crippen LogP contribution in [-0.2, 0) is 4.74 Å². The molecular weight excluding hydrogens is 194 g/mol. The van der Waals surface area contributed by atoms with E-state index >= 15 is 0 Å². The topological polar surface area (TPSA) is 49.8 Å². The van der Waals surface area contributed by atoms with Gasteiger partial charge in [0.25, 0.3) is 0 Å². The summed E-state index contributed by atoms with van der Waals surface area (Å²) in [4.78, 5) is 13.1. The Kier molecular flexibility index (Phi) is 3.09. The molecule has 1 aliphatic heterocycles. The lowest BCUT2D eigenvalue weighted by Gasteiger charge is -2.31. The van der Waals surface area contributed by atoms with Crippen LogP contribution in [0.25, 0.3) is 0 Å². The van der Waals surface area contributed by atoms with Gasteiger partial charge >= 0.3 is 6.09 Å². The Morgan fingerprint density at radius 1 is 1.53 bits per heavy atom. The Hall–Kier alpha value is -1.03. The predicted molar refractivity (Wildman–Crippen MR) is 57.3 cm³/mol. The maximum absolute atomic E-state index is 11.6. The summed E-state index contributed by atoms with van der Waals surface area (Å²) in [5.41, 5.74) is -1.29. The Balaban J connectivity index is 2.57. The summed E-state index contributed by atoms with van der Waals surface area (Å²) in [7, 11) is 0. The first-order valence-corrected chi connectivity index (χ1v) is 5.11. The van der Waals surface area contributed by atoms with E-state index in [1.807, 2.05) is 20.8 Å². The molecule has 0 aromatic carbocycles. The van der Waals surface area contributed by atoms with E-state index in [4.69, 9.17) is 4.74 Å². The van der Waals surface area contributed by atoms with E-state index in [9.17, 15) is 9.90 Å². The highest BCUT2D eigenvalue weighted by Crippen LogP contribution is 2.19. The fraction of sp³-hybridized carbons (Fsp3) is 0.727. The molecule has 1 rings (SSSR count). The monoisotopic (exact) mass is 213 g/mol. The maximum Gasteiger partial charge on any atom is 0.414 e. The number of hydrogen-bond donors (Lipinski definition) is 1. The largest absolute Gasteiger partial charge is 0.443 e. The number of amides is 1. The van der Waals surface area contributed by atoms with Crippen molar-refractivity contribution in [1.82, 2.24) is 4.90 Å². The van der Waals surface area contributed by atoms with Gasteiger partial charge in [-0.25, -0.2) is 4.79 Å². The molecule has 1 atom stereocenters. The fourth-order valence-corrected chi connectivity index (χ4v) is 1.23. The summed E-state index contributed by atoms with van der Waals surface area (Å²) < 4.78 is 5.20. The molecule has 0 radical (unpaired) electrons. The quantitative estimate of drug-likeness (QED) is 0.668. The first kappa shape index (κ1) is 12.0. The smallest absolute Gasteiger partial charge is 0.414 e. The van der Waals surface area contributed by atoms with E-state index < -0.39 is 11.2 Å². The first-order valence-electron chi connectivity index (χ1n) is 5.11. The van der Waals surface area contributed by atoms with Crippen molar-refractivity contribution in [2.45, 2.75) is 45.3 Å². The van der Waals surface area contributed by atoms with Gasteiger partial charge in [0.1, 0.15) is 5.60 Å². The predicted octanol–water partition coefficient (Wildman–Crippen LogP) is 1.89. The molecule has 0 bridgehead atoms. The Labute approximate surface area is 90.5 Å². The molecular formula is C11H19NO3. The molecule has 1 heterocycles. The van der Waals surface area contributed by atoms with Gasteiger partial charge in [-0.1, -0.05) is 0 Å². The van der Waals surface area contributed by atoms with Gasteiger partial charge in [0.15, 0.2) is 0 Å². The van der Waals surface area contributed by atoms with E-state index in [1.165, 1.54) is 4.90 Å². The van der Waals surface area contributed by atoms with Crippen LogP contribution in [0, 0.1) is 0 Å². The van der Waals surface area contributed by atoms with Crippen LogP contribution in [0.5, 0.6) is 0 Å². The molecule has 0 spiro atoms. The standard InChI is InChI=1S/C11H19NO3/c1-10(2,3)15-9(13)12-7-5-11(4,14)6-8-12/h5,7,14H,6,8H2,1-4H3. The number of nitrogens with zero attached hydrogens (tertiary/aromatic N) is 1. The lowest BCUT2D eigenvalue weighted by Crippen LogP contribution is -2.40. The molecule has 1 N–H and O–H groups in total. The summed E-state index contributed by atoms with van der Waals surface area (Å²) >= 11 is 0. The molecule has 0 aromatic rings. The summed E-state index contributed by atoms with van der Waals surface area (Å²) in [5.74, 6) is 0. The minimum Gasteiger partial charge on any atom is -0.443 e. The van der Waals surface area contributed by atoms with E-state index in [0.717, 1.165) is 0 Å². The van der Waals surface area contributed by atoms with Gasteiger partial charge in [-0.3, -0.25) is 4.90 Å². The zero-order valence-corrected chi connectivity index (χ0v) is 9.78. The van der Waals surface area contributed by atoms with Gasteiger partial charge in [0.2, 0.25) is 0 Å². The number of carbonyl (C=O) groups is 1. The molecule has 0 aromatic heterocycles. The third-order valence-electron chi connectivity index (χ3n) is 2.10. The molecule has 0 fully saturated rings. The van der Waals surface area contributed by atoms with Crippen LogP contribution in [0.2, 0.25) is 0 Å². The highest BCUT2D eigenvalue weighted by Gasteiger charge is 2.27. The van der Waals surface area contributed by atoms with Gasteiger partial charge < -0.3 is 9.84 Å². The van der Waals surface area contributed by atoms with Crippen molar-refractivity contribution in [1.29, 1.82) is 0 Å². The average molecular weight is 213 g/mol. The van der Waals surface area contributed by atoms with Crippen LogP contribution < -0.4 is 0 Å². The Morgan fingerprint density at radius 2 is 2.13 bits per heavy atom. The highest BCUT2D eigenvalue weighted by atomic mass is 16.6. The molecule has 0 aliphatic carbocycles. The van der Waals surface area contributed by atoms with Crippen molar-refractivity contribution >= 4 is 6.09 Å². The van der Waals surface area contributed by atoms with E-state index in [2.05, 4.69) is 0 Å². The van der Waals surface area contributed by atoms with E-state index in [0.29, 0.717) is 13.0 Å². The van der Waals surface area contributed by atoms with Gasteiger partial charge in [-0.15, -0.1) is 0 Å². The van der Waals surface area contributed by atoms with Crippen molar-refractivity contribution < 1.29 is 14.6 Å². The second-order valence-corrected chi connectivity index (χ2v) is 5.10. The van der Waals surface area contributed by atoms with Crippen molar-refractivity contribution in [3.05, 3.63) is 12.3 Å². The Morgan fingerprint density at radius 3 is 2.53 bits per heavy atom. The van der Waals surface area contributed by atoms with Gasteiger partial charge in [-0.05, 0) is 40.2 Å². The minimum atomic E-state index is -0.807. The van der Waals surface area contributed by atoms with Gasteiger partial charge in [-0.2, -0.15) is 0 Å². The van der Waals surface area contributed by atoms with E-state index in [1.54, 1.807) is 19.2 Å². The zero-order chi connectivity index (χ0) is 11.7. The third kappa shape index (κ3) is 3.91. The van der Waals surface area contributed by atoms with Gasteiger partial charge in [0, 0.05) is 12.7 Å². The fourth-order valence-electron chi connectivity index (χ4n) is 1.23. The van der Waals surface area contributed by atoms with Crippen LogP contribution in [0.1, 0.15) is 34.1 Å². The Bertz CT molecular complexity index is 276. The van der Waals surface area contributed by atoms with Crippen LogP contribution in [0.3, 0.4) is 0 Å². The number of ether oxygens (including phenoxy) is 1. The molecule has 15 heavy (non-hydrogen) atoms. The van der Waals surface area contributed by atoms with Crippen molar-refractivity contribution in [2.24, 2.45) is 0 Å². The summed E-state index contributed by atoms with van der Waals surface area (Å²) in [6.45, 7) is 7.69. The average Bonchev–Trinajstić information content (AvgIpc) is 2.00. The molecule has 1 unspecified atom stereocenters. The molecule has 4 nitrogen and oxygen atoms in total. The SMILES string of the molecule is CC1(O)C=CN(C(=O)OC(C)(C)C)CC1. The minimum absolute atomic E-state index is 0.366. The van der Waals surface area contributed by atoms with Crippen LogP contribution in [0.4, 0.5) is 4.79 Å². The van der Waals surface area contributed by atoms with Crippen LogP contribution >= 0.6 is 0 Å². The van der Waals surface area contributed by atoms with Crippen molar-refractivity contribution in [3.63, 3.8) is 0 Å². The first-order chi connectivity index (χ1) is 6.70. The zero-order valence-electron chi connectivity index (χ0n) is 9.78. The molecule has 0 saturated heterocycles. The molecule has 1 aliphatic rings. The molecule has 4 heteroatoms. The van der Waals surface area contributed by atoms with Crippen LogP contribution in [-0.4, -0.2) is 33.8 Å². The van der Waals surface area contributed by atoms with Gasteiger partial charge in [0.05, 0.1) is 5.60 Å². The molecule has 1 amide bonds. The summed E-state index contributed by atoms with van der Waals surface area (Å²) in [5, 5.41) is 9.64. The van der Waals surface area contributed by atoms with Crippen molar-refractivity contribution in [2.75, 3.05) is 6.54 Å². The highest BCUT2D eigenvalue weighted by molar-refractivity contribution is 5.69. The normalized spacial score (nSPS) is 26.6. The maximum atomic E-state index is 11.6. The molecule has 86 valence electrons. The second-order valence-electron chi connectivity index (χ2n) is 5.10. The lowest BCUT2D eigenvalue weighted by atomic mass is 10.00. The number of aliphatic hydroxyl groups is 1. The summed E-state index contributed by atoms with van der Waals surface area (Å²) in [6.07, 6.45) is 3.36. The molecule has 0 saturated carbocycles. The number of rotatable bonds is 0. The van der Waals surface area contributed by atoms with Crippen LogP contribution in [0.15, 0.2) is 12.3 Å².